The Hall–Kier alpha value is -3.34. The minimum atomic E-state index is 0.0104. The highest BCUT2D eigenvalue weighted by Gasteiger charge is 2.22. The molecule has 1 saturated heterocycles. The molecule has 2 heterocycles. The third-order valence-electron chi connectivity index (χ3n) is 5.19. The molecule has 3 aromatic rings. The number of benzene rings is 2. The number of nitrogens with one attached hydrogen (secondary N) is 1. The zero-order valence-electron chi connectivity index (χ0n) is 16.5. The van der Waals surface area contributed by atoms with Gasteiger partial charge in [-0.2, -0.15) is 0 Å². The summed E-state index contributed by atoms with van der Waals surface area (Å²) < 4.78 is 5.99. The van der Waals surface area contributed by atoms with E-state index in [2.05, 4.69) is 17.2 Å². The number of anilines is 2. The highest BCUT2D eigenvalue weighted by Crippen LogP contribution is 2.31. The van der Waals surface area contributed by atoms with Crippen LogP contribution >= 0.6 is 0 Å². The molecule has 1 aromatic heterocycles. The van der Waals surface area contributed by atoms with Gasteiger partial charge in [0.15, 0.2) is 5.75 Å². The molecule has 29 heavy (non-hydrogen) atoms. The summed E-state index contributed by atoms with van der Waals surface area (Å²) in [7, 11) is 0. The molecule has 0 saturated carbocycles. The third-order valence-corrected chi connectivity index (χ3v) is 5.19. The number of likely N-dealkylation sites (tertiary alicyclic amines) is 1. The molecule has 148 valence electrons. The van der Waals surface area contributed by atoms with Crippen LogP contribution in [0.4, 0.5) is 11.4 Å². The van der Waals surface area contributed by atoms with E-state index in [1.807, 2.05) is 65.6 Å². The molecule has 0 unspecified atom stereocenters. The highest BCUT2D eigenvalue weighted by atomic mass is 16.5. The second kappa shape index (κ2) is 8.78. The lowest BCUT2D eigenvalue weighted by molar-refractivity contribution is 0.0691. The van der Waals surface area contributed by atoms with Crippen molar-refractivity contribution in [2.45, 2.75) is 19.8 Å². The van der Waals surface area contributed by atoms with Crippen LogP contribution in [0.1, 0.15) is 30.3 Å². The first-order chi connectivity index (χ1) is 14.2. The number of aromatic nitrogens is 1. The lowest BCUT2D eigenvalue weighted by Gasteiger charge is -2.30. The quantitative estimate of drug-likeness (QED) is 0.629. The molecule has 0 atom stereocenters. The second-order valence-electron chi connectivity index (χ2n) is 7.44. The average molecular weight is 387 g/mol. The number of piperidine rings is 1. The van der Waals surface area contributed by atoms with Crippen molar-refractivity contribution < 1.29 is 9.53 Å². The van der Waals surface area contributed by atoms with Gasteiger partial charge in [-0.15, -0.1) is 0 Å². The van der Waals surface area contributed by atoms with E-state index in [0.29, 0.717) is 11.6 Å². The Morgan fingerprint density at radius 1 is 1.00 bits per heavy atom. The zero-order chi connectivity index (χ0) is 20.1. The number of ether oxygens (including phenoxy) is 1. The van der Waals surface area contributed by atoms with Crippen LogP contribution < -0.4 is 10.1 Å². The standard InChI is InChI=1S/C24H25N3O2/c1-18-13-15-27(16-14-18)24(28)22-12-11-19(17-25-22)26-21-9-5-6-10-23(21)29-20-7-3-2-4-8-20/h2-12,17-18,26H,13-16H2,1H3. The molecule has 1 aliphatic rings. The maximum Gasteiger partial charge on any atom is 0.272 e. The molecule has 5 heteroatoms. The van der Waals surface area contributed by atoms with Gasteiger partial charge in [0.25, 0.3) is 5.91 Å². The minimum absolute atomic E-state index is 0.0104. The zero-order valence-corrected chi connectivity index (χ0v) is 16.5. The topological polar surface area (TPSA) is 54.5 Å². The van der Waals surface area contributed by atoms with Gasteiger partial charge in [0.2, 0.25) is 0 Å². The molecule has 1 N–H and O–H groups in total. The van der Waals surface area contributed by atoms with Crippen LogP contribution in [0.3, 0.4) is 0 Å². The van der Waals surface area contributed by atoms with E-state index in [4.69, 9.17) is 4.74 Å². The number of nitrogens with zero attached hydrogens (tertiary/aromatic N) is 2. The molecule has 4 rings (SSSR count). The summed E-state index contributed by atoms with van der Waals surface area (Å²) in [5, 5.41) is 3.33. The van der Waals surface area contributed by atoms with Gasteiger partial charge in [0, 0.05) is 13.1 Å². The van der Waals surface area contributed by atoms with Crippen molar-refractivity contribution in [2.24, 2.45) is 5.92 Å². The maximum atomic E-state index is 12.7. The minimum Gasteiger partial charge on any atom is -0.455 e. The van der Waals surface area contributed by atoms with Gasteiger partial charge in [0.05, 0.1) is 17.6 Å². The third kappa shape index (κ3) is 4.74. The van der Waals surface area contributed by atoms with Gasteiger partial charge in [0.1, 0.15) is 11.4 Å². The van der Waals surface area contributed by atoms with E-state index < -0.39 is 0 Å². The number of hydrogen-bond donors (Lipinski definition) is 1. The number of amides is 1. The fourth-order valence-electron chi connectivity index (χ4n) is 3.40. The monoisotopic (exact) mass is 387 g/mol. The Morgan fingerprint density at radius 2 is 1.72 bits per heavy atom. The van der Waals surface area contributed by atoms with Gasteiger partial charge in [-0.25, -0.2) is 4.98 Å². The molecule has 1 fully saturated rings. The normalized spacial score (nSPS) is 14.4. The summed E-state index contributed by atoms with van der Waals surface area (Å²) in [6.45, 7) is 3.86. The fourth-order valence-corrected chi connectivity index (χ4v) is 3.40. The summed E-state index contributed by atoms with van der Waals surface area (Å²) in [6, 6.07) is 21.1. The molecule has 1 aliphatic heterocycles. The summed E-state index contributed by atoms with van der Waals surface area (Å²) in [5.74, 6) is 2.20. The summed E-state index contributed by atoms with van der Waals surface area (Å²) >= 11 is 0. The lowest BCUT2D eigenvalue weighted by Crippen LogP contribution is -2.38. The number of hydrogen-bond acceptors (Lipinski definition) is 4. The van der Waals surface area contributed by atoms with Crippen molar-refractivity contribution in [3.63, 3.8) is 0 Å². The number of rotatable bonds is 5. The number of pyridine rings is 1. The van der Waals surface area contributed by atoms with Gasteiger partial charge in [-0.1, -0.05) is 37.3 Å². The van der Waals surface area contributed by atoms with Gasteiger partial charge in [-0.05, 0) is 55.2 Å². The molecule has 0 radical (unpaired) electrons. The van der Waals surface area contributed by atoms with Gasteiger partial charge < -0.3 is 15.0 Å². The van der Waals surface area contributed by atoms with Crippen LogP contribution in [0.2, 0.25) is 0 Å². The predicted octanol–water partition coefficient (Wildman–Crippen LogP) is 5.49. The SMILES string of the molecule is CC1CCN(C(=O)c2ccc(Nc3ccccc3Oc3ccccc3)cn2)CC1. The first-order valence-corrected chi connectivity index (χ1v) is 10.0. The van der Waals surface area contributed by atoms with Crippen molar-refractivity contribution in [1.82, 2.24) is 9.88 Å². The Balaban J connectivity index is 1.45. The molecule has 1 amide bonds. The smallest absolute Gasteiger partial charge is 0.272 e. The van der Waals surface area contributed by atoms with Crippen LogP contribution in [-0.4, -0.2) is 28.9 Å². The van der Waals surface area contributed by atoms with Gasteiger partial charge in [-0.3, -0.25) is 4.79 Å². The largest absolute Gasteiger partial charge is 0.455 e. The fraction of sp³-hybridized carbons (Fsp3) is 0.250. The first kappa shape index (κ1) is 19.0. The van der Waals surface area contributed by atoms with E-state index in [1.54, 1.807) is 12.3 Å². The van der Waals surface area contributed by atoms with Crippen LogP contribution in [-0.2, 0) is 0 Å². The van der Waals surface area contributed by atoms with E-state index in [-0.39, 0.29) is 5.91 Å². The number of carbonyl (C=O) groups excluding carboxylic acids is 1. The summed E-state index contributed by atoms with van der Waals surface area (Å²) in [4.78, 5) is 18.9. The Labute approximate surface area is 171 Å². The van der Waals surface area contributed by atoms with E-state index in [1.165, 1.54) is 0 Å². The molecule has 0 bridgehead atoms. The van der Waals surface area contributed by atoms with Crippen molar-refractivity contribution >= 4 is 17.3 Å². The lowest BCUT2D eigenvalue weighted by atomic mass is 9.99. The van der Waals surface area contributed by atoms with Crippen LogP contribution in [0.15, 0.2) is 72.9 Å². The number of carbonyl (C=O) groups is 1. The van der Waals surface area contributed by atoms with E-state index in [9.17, 15) is 4.79 Å². The van der Waals surface area contributed by atoms with Crippen LogP contribution in [0, 0.1) is 5.92 Å². The highest BCUT2D eigenvalue weighted by molar-refractivity contribution is 5.92. The van der Waals surface area contributed by atoms with Crippen LogP contribution in [0.25, 0.3) is 0 Å². The van der Waals surface area contributed by atoms with Crippen molar-refractivity contribution in [1.29, 1.82) is 0 Å². The molecular weight excluding hydrogens is 362 g/mol. The van der Waals surface area contributed by atoms with E-state index >= 15 is 0 Å². The average Bonchev–Trinajstić information content (AvgIpc) is 2.76. The molecular formula is C24H25N3O2. The van der Waals surface area contributed by atoms with Crippen LogP contribution in [0.5, 0.6) is 11.5 Å². The summed E-state index contributed by atoms with van der Waals surface area (Å²) in [5.41, 5.74) is 2.12. The number of para-hydroxylation sites is 3. The molecule has 0 aliphatic carbocycles. The Morgan fingerprint density at radius 3 is 2.45 bits per heavy atom. The van der Waals surface area contributed by atoms with Gasteiger partial charge >= 0.3 is 0 Å². The molecule has 5 nitrogen and oxygen atoms in total. The first-order valence-electron chi connectivity index (χ1n) is 10.0. The predicted molar refractivity (Wildman–Crippen MR) is 115 cm³/mol. The maximum absolute atomic E-state index is 12.7. The van der Waals surface area contributed by atoms with Crippen molar-refractivity contribution in [2.75, 3.05) is 18.4 Å². The summed E-state index contributed by atoms with van der Waals surface area (Å²) in [6.07, 6.45) is 3.81. The second-order valence-corrected chi connectivity index (χ2v) is 7.44. The van der Waals surface area contributed by atoms with Crippen molar-refractivity contribution in [3.05, 3.63) is 78.6 Å². The Kier molecular flexibility index (Phi) is 5.75. The van der Waals surface area contributed by atoms with E-state index in [0.717, 1.165) is 48.8 Å². The van der Waals surface area contributed by atoms with Crippen molar-refractivity contribution in [3.8, 4) is 11.5 Å². The molecule has 2 aromatic carbocycles. The molecule has 0 spiro atoms. The Bertz CT molecular complexity index is 949.